The molecule has 12 N–H and O–H groups in total. The number of amides is 5. The minimum absolute atomic E-state index is 0.0446. The zero-order valence-corrected chi connectivity index (χ0v) is 21.8. The fourth-order valence-corrected chi connectivity index (χ4v) is 3.69. The van der Waals surface area contributed by atoms with Gasteiger partial charge in [0.1, 0.15) is 29.6 Å². The van der Waals surface area contributed by atoms with Gasteiger partial charge in [0.15, 0.2) is 0 Å². The quantitative estimate of drug-likeness (QED) is 0.108. The number of carbonyl (C=O) groups excluding carboxylic acids is 5. The lowest BCUT2D eigenvalue weighted by Crippen LogP contribution is -2.58. The van der Waals surface area contributed by atoms with Crippen LogP contribution < -0.4 is 33.2 Å². The van der Waals surface area contributed by atoms with Gasteiger partial charge in [-0.25, -0.2) is 4.79 Å². The first-order valence-corrected chi connectivity index (χ1v) is 12.3. The van der Waals surface area contributed by atoms with Crippen LogP contribution >= 0.6 is 0 Å². The molecule has 0 radical (unpaired) electrons. The van der Waals surface area contributed by atoms with Crippen LogP contribution in [0.25, 0.3) is 0 Å². The second-order valence-electron chi connectivity index (χ2n) is 9.21. The third-order valence-corrected chi connectivity index (χ3v) is 5.80. The molecule has 0 aliphatic heterocycles. The van der Waals surface area contributed by atoms with Crippen molar-refractivity contribution in [3.8, 4) is 11.5 Å². The average molecular weight is 573 g/mol. The molecule has 15 heteroatoms. The van der Waals surface area contributed by atoms with Crippen molar-refractivity contribution in [1.29, 1.82) is 0 Å². The molecule has 0 aliphatic rings. The predicted octanol–water partition coefficient (Wildman–Crippen LogP) is -2.50. The lowest BCUT2D eigenvalue weighted by molar-refractivity contribution is -0.143. The standard InChI is InChI=1S/C26H32N6O9/c27-17(11-21(28)35)23(37)30-18(9-13-1-5-15(33)6-2-13)24(38)31-19(10-14-3-7-16(34)8-4-14)25(39)32-20(26(40)41)12-22(29)36/h1-8,17-20,33-34H,9-12,27H2,(H2,28,35)(H2,29,36)(H,30,37)(H,31,38)(H,32,39)(H,40,41). The van der Waals surface area contributed by atoms with Crippen LogP contribution in [0.5, 0.6) is 11.5 Å². The Morgan fingerprint density at radius 1 is 0.610 bits per heavy atom. The van der Waals surface area contributed by atoms with Crippen molar-refractivity contribution in [3.05, 3.63) is 59.7 Å². The molecule has 41 heavy (non-hydrogen) atoms. The summed E-state index contributed by atoms with van der Waals surface area (Å²) >= 11 is 0. The van der Waals surface area contributed by atoms with Crippen molar-refractivity contribution in [2.75, 3.05) is 0 Å². The van der Waals surface area contributed by atoms with E-state index in [0.29, 0.717) is 11.1 Å². The Morgan fingerprint density at radius 3 is 1.34 bits per heavy atom. The highest BCUT2D eigenvalue weighted by Gasteiger charge is 2.31. The molecule has 0 heterocycles. The lowest BCUT2D eigenvalue weighted by atomic mass is 10.0. The number of carboxylic acid groups (broad SMARTS) is 1. The number of rotatable bonds is 15. The number of aliphatic carboxylic acids is 1. The van der Waals surface area contributed by atoms with E-state index in [9.17, 15) is 44.1 Å². The molecule has 0 fully saturated rings. The summed E-state index contributed by atoms with van der Waals surface area (Å²) in [6.45, 7) is 0. The maximum atomic E-state index is 13.4. The number of benzene rings is 2. The van der Waals surface area contributed by atoms with Crippen molar-refractivity contribution in [1.82, 2.24) is 16.0 Å². The van der Waals surface area contributed by atoms with Crippen LogP contribution in [-0.4, -0.2) is 75.0 Å². The van der Waals surface area contributed by atoms with Gasteiger partial charge in [0.2, 0.25) is 29.5 Å². The number of nitrogens with one attached hydrogen (secondary N) is 3. The van der Waals surface area contributed by atoms with E-state index in [1.165, 1.54) is 48.5 Å². The summed E-state index contributed by atoms with van der Waals surface area (Å²) in [5, 5.41) is 35.6. The molecule has 0 aliphatic carbocycles. The van der Waals surface area contributed by atoms with Gasteiger partial charge in [-0.2, -0.15) is 0 Å². The molecule has 2 aromatic carbocycles. The van der Waals surface area contributed by atoms with Crippen LogP contribution in [0.15, 0.2) is 48.5 Å². The fourth-order valence-electron chi connectivity index (χ4n) is 3.69. The summed E-state index contributed by atoms with van der Waals surface area (Å²) in [6.07, 6.45) is -1.52. The summed E-state index contributed by atoms with van der Waals surface area (Å²) in [5.41, 5.74) is 16.9. The third kappa shape index (κ3) is 10.8. The molecule has 0 bridgehead atoms. The van der Waals surface area contributed by atoms with Crippen LogP contribution in [0.2, 0.25) is 0 Å². The Balaban J connectivity index is 2.35. The fraction of sp³-hybridized carbons (Fsp3) is 0.308. The summed E-state index contributed by atoms with van der Waals surface area (Å²) in [4.78, 5) is 73.3. The van der Waals surface area contributed by atoms with E-state index in [2.05, 4.69) is 16.0 Å². The molecule has 2 rings (SSSR count). The van der Waals surface area contributed by atoms with Crippen molar-refractivity contribution in [2.45, 2.75) is 49.9 Å². The van der Waals surface area contributed by atoms with E-state index in [1.54, 1.807) is 0 Å². The Morgan fingerprint density at radius 2 is 0.976 bits per heavy atom. The molecular formula is C26H32N6O9. The van der Waals surface area contributed by atoms with Gasteiger partial charge < -0.3 is 48.5 Å². The van der Waals surface area contributed by atoms with Crippen LogP contribution in [0, 0.1) is 0 Å². The van der Waals surface area contributed by atoms with E-state index in [-0.39, 0.29) is 24.3 Å². The van der Waals surface area contributed by atoms with Gasteiger partial charge in [0, 0.05) is 12.8 Å². The van der Waals surface area contributed by atoms with Gasteiger partial charge in [-0.3, -0.25) is 24.0 Å². The van der Waals surface area contributed by atoms with Crippen molar-refractivity contribution in [2.24, 2.45) is 17.2 Å². The number of aromatic hydroxyl groups is 2. The maximum absolute atomic E-state index is 13.4. The number of phenolic OH excluding ortho intramolecular Hbond substituents is 2. The first-order valence-electron chi connectivity index (χ1n) is 12.3. The zero-order chi connectivity index (χ0) is 30.7. The van der Waals surface area contributed by atoms with E-state index >= 15 is 0 Å². The highest BCUT2D eigenvalue weighted by Crippen LogP contribution is 2.14. The largest absolute Gasteiger partial charge is 0.508 e. The first kappa shape index (κ1) is 32.0. The van der Waals surface area contributed by atoms with E-state index in [0.717, 1.165) is 0 Å². The van der Waals surface area contributed by atoms with E-state index in [4.69, 9.17) is 17.2 Å². The third-order valence-electron chi connectivity index (χ3n) is 5.80. The van der Waals surface area contributed by atoms with Crippen LogP contribution in [0.1, 0.15) is 24.0 Å². The normalized spacial score (nSPS) is 13.6. The second-order valence-corrected chi connectivity index (χ2v) is 9.21. The zero-order valence-electron chi connectivity index (χ0n) is 21.8. The smallest absolute Gasteiger partial charge is 0.326 e. The molecule has 0 spiro atoms. The van der Waals surface area contributed by atoms with Gasteiger partial charge in [-0.05, 0) is 35.4 Å². The molecule has 5 amide bonds. The van der Waals surface area contributed by atoms with Crippen molar-refractivity contribution in [3.63, 3.8) is 0 Å². The SMILES string of the molecule is NC(=O)CC(N)C(=O)NC(Cc1ccc(O)cc1)C(=O)NC(Cc1ccc(O)cc1)C(=O)NC(CC(N)=O)C(=O)O. The number of hydrogen-bond donors (Lipinski definition) is 9. The Kier molecular flexibility index (Phi) is 11.6. The highest BCUT2D eigenvalue weighted by atomic mass is 16.4. The van der Waals surface area contributed by atoms with Gasteiger partial charge >= 0.3 is 5.97 Å². The lowest BCUT2D eigenvalue weighted by Gasteiger charge is -2.25. The molecule has 0 saturated carbocycles. The van der Waals surface area contributed by atoms with Gasteiger partial charge in [-0.15, -0.1) is 0 Å². The molecule has 2 aromatic rings. The summed E-state index contributed by atoms with van der Waals surface area (Å²) in [7, 11) is 0. The minimum atomic E-state index is -1.68. The molecular weight excluding hydrogens is 540 g/mol. The Labute approximate surface area is 234 Å². The topological polar surface area (TPSA) is 277 Å². The highest BCUT2D eigenvalue weighted by molar-refractivity contribution is 5.95. The molecule has 0 aromatic heterocycles. The summed E-state index contributed by atoms with van der Waals surface area (Å²) in [5.74, 6) is -6.20. The molecule has 0 saturated heterocycles. The summed E-state index contributed by atoms with van der Waals surface area (Å²) in [6, 6.07) is 5.51. The number of primary amides is 2. The predicted molar refractivity (Wildman–Crippen MR) is 143 cm³/mol. The number of nitrogens with two attached hydrogens (primary N) is 3. The first-order chi connectivity index (χ1) is 19.2. The molecule has 220 valence electrons. The van der Waals surface area contributed by atoms with Crippen LogP contribution in [-0.2, 0) is 41.6 Å². The van der Waals surface area contributed by atoms with Crippen molar-refractivity contribution >= 4 is 35.5 Å². The van der Waals surface area contributed by atoms with Crippen LogP contribution in [0.4, 0.5) is 0 Å². The molecule has 15 nitrogen and oxygen atoms in total. The average Bonchev–Trinajstić information content (AvgIpc) is 2.89. The molecule has 4 unspecified atom stereocenters. The Bertz CT molecular complexity index is 1270. The van der Waals surface area contributed by atoms with E-state index < -0.39 is 72.5 Å². The number of phenols is 2. The minimum Gasteiger partial charge on any atom is -0.508 e. The monoisotopic (exact) mass is 572 g/mol. The maximum Gasteiger partial charge on any atom is 0.326 e. The number of carboxylic acids is 1. The number of carbonyl (C=O) groups is 6. The van der Waals surface area contributed by atoms with Crippen molar-refractivity contribution < 1.29 is 44.1 Å². The molecule has 4 atom stereocenters. The second kappa shape index (κ2) is 14.8. The summed E-state index contributed by atoms with van der Waals surface area (Å²) < 4.78 is 0. The Hall–Kier alpha value is -5.18. The van der Waals surface area contributed by atoms with Gasteiger partial charge in [0.25, 0.3) is 0 Å². The number of hydrogen-bond acceptors (Lipinski definition) is 9. The van der Waals surface area contributed by atoms with Gasteiger partial charge in [-0.1, -0.05) is 24.3 Å². The van der Waals surface area contributed by atoms with Gasteiger partial charge in [0.05, 0.1) is 18.9 Å². The van der Waals surface area contributed by atoms with Crippen LogP contribution in [0.3, 0.4) is 0 Å². The van der Waals surface area contributed by atoms with E-state index in [1.807, 2.05) is 0 Å².